The first-order valence-electron chi connectivity index (χ1n) is 26.0. The second-order valence-electron chi connectivity index (χ2n) is 20.3. The summed E-state index contributed by atoms with van der Waals surface area (Å²) in [7, 11) is 0. The van der Waals surface area contributed by atoms with Gasteiger partial charge in [-0.15, -0.1) is 0 Å². The van der Waals surface area contributed by atoms with Crippen LogP contribution in [0.3, 0.4) is 0 Å². The van der Waals surface area contributed by atoms with Gasteiger partial charge in [-0.1, -0.05) is 94.6 Å². The molecule has 1 saturated heterocycles. The summed E-state index contributed by atoms with van der Waals surface area (Å²) < 4.78 is 0. The maximum Gasteiger partial charge on any atom is 0.246 e. The number of amides is 6. The van der Waals surface area contributed by atoms with Crippen molar-refractivity contribution in [2.45, 2.75) is 165 Å². The summed E-state index contributed by atoms with van der Waals surface area (Å²) in [6, 6.07) is 14.3. The van der Waals surface area contributed by atoms with Gasteiger partial charge in [0.1, 0.15) is 35.7 Å². The summed E-state index contributed by atoms with van der Waals surface area (Å²) >= 11 is 0. The predicted molar refractivity (Wildman–Crippen MR) is 278 cm³/mol. The number of nitrogens with zero attached hydrogens (tertiary/aromatic N) is 1. The number of rotatable bonds is 31. The molecule has 13 N–H and O–H groups in total. The van der Waals surface area contributed by atoms with Crippen LogP contribution in [0.5, 0.6) is 11.5 Å². The fourth-order valence-electron chi connectivity index (χ4n) is 9.11. The van der Waals surface area contributed by atoms with Crippen molar-refractivity contribution in [1.29, 1.82) is 0 Å². The van der Waals surface area contributed by atoms with Crippen LogP contribution < -0.4 is 26.6 Å². The van der Waals surface area contributed by atoms with Gasteiger partial charge in [0.25, 0.3) is 0 Å². The van der Waals surface area contributed by atoms with Gasteiger partial charge in [-0.05, 0) is 98.7 Å². The molecule has 0 spiro atoms. The van der Waals surface area contributed by atoms with Gasteiger partial charge in [-0.2, -0.15) is 0 Å². The Morgan fingerprint density at radius 3 is 1.79 bits per heavy atom. The summed E-state index contributed by atoms with van der Waals surface area (Å²) in [4.78, 5) is 83.9. The van der Waals surface area contributed by atoms with Crippen LogP contribution in [0.4, 0.5) is 0 Å². The van der Waals surface area contributed by atoms with E-state index in [1.807, 2.05) is 44.2 Å². The number of carbonyl (C=O) groups excluding carboxylic acids is 6. The van der Waals surface area contributed by atoms with E-state index in [-0.39, 0.29) is 56.1 Å². The smallest absolute Gasteiger partial charge is 0.246 e. The van der Waals surface area contributed by atoms with Crippen molar-refractivity contribution < 1.29 is 69.6 Å². The summed E-state index contributed by atoms with van der Waals surface area (Å²) in [6.45, 7) is 5.22. The molecule has 20 heteroatoms. The van der Waals surface area contributed by atoms with Crippen LogP contribution in [0.15, 0.2) is 78.9 Å². The fraction of sp³-hybridized carbons (Fsp3) is 0.564. The molecule has 1 aliphatic heterocycles. The molecular weight excluding hydrogens is 969 g/mol. The summed E-state index contributed by atoms with van der Waals surface area (Å²) in [5.74, 6) is -5.70. The van der Waals surface area contributed by atoms with Crippen LogP contribution in [0.25, 0.3) is 0 Å². The van der Waals surface area contributed by atoms with Crippen molar-refractivity contribution in [1.82, 2.24) is 31.5 Å². The van der Waals surface area contributed by atoms with Gasteiger partial charge in [-0.3, -0.25) is 28.8 Å². The summed E-state index contributed by atoms with van der Waals surface area (Å²) in [5.41, 5.74) is 2.28. The zero-order valence-corrected chi connectivity index (χ0v) is 43.5. The highest BCUT2D eigenvalue weighted by atomic mass is 16.3. The third kappa shape index (κ3) is 20.5. The van der Waals surface area contributed by atoms with Crippen LogP contribution in [0.2, 0.25) is 0 Å². The highest BCUT2D eigenvalue weighted by molar-refractivity contribution is 5.96. The van der Waals surface area contributed by atoms with Crippen molar-refractivity contribution in [3.8, 4) is 11.5 Å². The van der Waals surface area contributed by atoms with Gasteiger partial charge in [0.05, 0.1) is 62.1 Å². The van der Waals surface area contributed by atoms with Crippen molar-refractivity contribution in [2.75, 3.05) is 19.8 Å². The molecule has 75 heavy (non-hydrogen) atoms. The quantitative estimate of drug-likeness (QED) is 0.0401. The third-order valence-electron chi connectivity index (χ3n) is 13.5. The van der Waals surface area contributed by atoms with E-state index in [4.69, 9.17) is 0 Å². The fourth-order valence-corrected chi connectivity index (χ4v) is 9.11. The average Bonchev–Trinajstić information content (AvgIpc) is 3.87. The Morgan fingerprint density at radius 2 is 1.20 bits per heavy atom. The van der Waals surface area contributed by atoms with Gasteiger partial charge in [0.15, 0.2) is 0 Å². The number of hydrogen-bond donors (Lipinski definition) is 13. The van der Waals surface area contributed by atoms with Gasteiger partial charge >= 0.3 is 0 Å². The zero-order valence-electron chi connectivity index (χ0n) is 43.5. The lowest BCUT2D eigenvalue weighted by molar-refractivity contribution is -0.143. The Bertz CT molecular complexity index is 2250. The van der Waals surface area contributed by atoms with Crippen molar-refractivity contribution in [3.63, 3.8) is 0 Å². The van der Waals surface area contributed by atoms with E-state index in [2.05, 4.69) is 26.6 Å². The van der Waals surface area contributed by atoms with Crippen LogP contribution in [0.1, 0.15) is 102 Å². The number of carbonyl (C=O) groups is 6. The molecular formula is C55H80N6O14. The molecule has 3 unspecified atom stereocenters. The van der Waals surface area contributed by atoms with E-state index < -0.39 is 122 Å². The van der Waals surface area contributed by atoms with E-state index in [1.54, 1.807) is 12.1 Å². The number of nitrogens with one attached hydrogen (secondary N) is 5. The van der Waals surface area contributed by atoms with Crippen molar-refractivity contribution >= 4 is 35.4 Å². The molecule has 0 aliphatic carbocycles. The summed E-state index contributed by atoms with van der Waals surface area (Å²) in [6.07, 6.45) is -0.779. The minimum atomic E-state index is -1.58. The number of unbranched alkanes of at least 4 members (excludes halogenated alkanes) is 2. The molecule has 0 radical (unpaired) electrons. The van der Waals surface area contributed by atoms with Crippen molar-refractivity contribution in [3.05, 3.63) is 95.6 Å². The van der Waals surface area contributed by atoms with E-state index in [1.165, 1.54) is 55.1 Å². The molecule has 1 fully saturated rings. The zero-order chi connectivity index (χ0) is 55.2. The maximum atomic E-state index is 14.5. The number of benzene rings is 3. The van der Waals surface area contributed by atoms with Crippen LogP contribution in [-0.4, -0.2) is 162 Å². The first-order valence-corrected chi connectivity index (χ1v) is 26.0. The molecule has 20 nitrogen and oxygen atoms in total. The van der Waals surface area contributed by atoms with Crippen LogP contribution >= 0.6 is 0 Å². The molecule has 4 rings (SSSR count). The lowest BCUT2D eigenvalue weighted by Crippen LogP contribution is -2.61. The molecule has 6 amide bonds. The Kier molecular flexibility index (Phi) is 25.4. The number of aliphatic hydroxyl groups is 6. The molecule has 0 aromatic heterocycles. The highest BCUT2D eigenvalue weighted by Gasteiger charge is 2.41. The van der Waals surface area contributed by atoms with E-state index in [0.29, 0.717) is 37.7 Å². The number of aromatic hydroxyl groups is 2. The van der Waals surface area contributed by atoms with Crippen molar-refractivity contribution in [2.24, 2.45) is 11.8 Å². The standard InChI is InChI=1S/C55H80N6O14/c1-33(2)26-43(48(69)30-49(70)56-39(31-62)27-37-17-21-40(65)22-18-37)57-54(74)50(35(4)64)60-53(73)46-15-11-25-61(46)55(75)44(29-38-19-23-41(66)24-20-38)58-52(72)45(32-63)59-51(71)34(3)47(68)16-10-6-9-14-42(67)28-36-12-7-5-8-13-36/h5,7-8,12-13,17-24,33-35,39,42-48,50,62-69H,6,9-11,14-16,25-32H2,1-4H3,(H,56,70)(H,57,74)(H,58,72)(H,59,71)(H,60,73)/t34?,35-,39+,42?,43+,44-,45-,46+,47?,48-,50+/m1/s1. The highest BCUT2D eigenvalue weighted by Crippen LogP contribution is 2.22. The van der Waals surface area contributed by atoms with Crippen LogP contribution in [0, 0.1) is 11.8 Å². The minimum absolute atomic E-state index is 0.0550. The molecule has 0 bridgehead atoms. The number of hydrogen-bond acceptors (Lipinski definition) is 14. The minimum Gasteiger partial charge on any atom is -0.508 e. The number of likely N-dealkylation sites (tertiary alicyclic amines) is 1. The Hall–Kier alpha value is -6.16. The monoisotopic (exact) mass is 1050 g/mol. The lowest BCUT2D eigenvalue weighted by atomic mass is 9.96. The van der Waals surface area contributed by atoms with Gasteiger partial charge in [0.2, 0.25) is 35.4 Å². The molecule has 1 aliphatic rings. The van der Waals surface area contributed by atoms with E-state index in [9.17, 15) is 69.6 Å². The molecule has 1 heterocycles. The maximum absolute atomic E-state index is 14.5. The van der Waals surface area contributed by atoms with E-state index >= 15 is 0 Å². The number of phenolic OH excluding ortho intramolecular Hbond substituents is 2. The lowest BCUT2D eigenvalue weighted by Gasteiger charge is -2.32. The molecule has 0 saturated carbocycles. The Morgan fingerprint density at radius 1 is 0.613 bits per heavy atom. The molecule has 3 aromatic carbocycles. The average molecular weight is 1050 g/mol. The largest absolute Gasteiger partial charge is 0.508 e. The number of aliphatic hydroxyl groups excluding tert-OH is 6. The molecule has 11 atom stereocenters. The molecule has 414 valence electrons. The SMILES string of the molecule is CC(C)C[C@H](NC(=O)[C@@H](NC(=O)[C@@H]1CCCN1C(=O)[C@@H](Cc1ccc(O)cc1)NC(=O)[C@@H](CO)NC(=O)C(C)C(O)CCCCCC(O)Cc1ccccc1)[C@@H](C)O)[C@H](O)CC(=O)N[C@H](CO)Cc1ccc(O)cc1. The number of phenols is 2. The Labute approximate surface area is 439 Å². The van der Waals surface area contributed by atoms with Gasteiger partial charge in [-0.25, -0.2) is 0 Å². The second kappa shape index (κ2) is 31.0. The molecule has 3 aromatic rings. The summed E-state index contributed by atoms with van der Waals surface area (Å²) in [5, 5.41) is 96.1. The van der Waals surface area contributed by atoms with Gasteiger partial charge < -0.3 is 72.3 Å². The predicted octanol–water partition coefficient (Wildman–Crippen LogP) is 1.01. The topological polar surface area (TPSA) is 328 Å². The van der Waals surface area contributed by atoms with Gasteiger partial charge in [0, 0.05) is 13.0 Å². The first kappa shape index (κ1) is 61.4. The van der Waals surface area contributed by atoms with Crippen LogP contribution in [-0.2, 0) is 48.0 Å². The Balaban J connectivity index is 1.38. The normalized spacial score (nSPS) is 17.5. The first-order chi connectivity index (χ1) is 35.7. The van der Waals surface area contributed by atoms with E-state index in [0.717, 1.165) is 17.5 Å². The second-order valence-corrected chi connectivity index (χ2v) is 20.3. The third-order valence-corrected chi connectivity index (χ3v) is 13.5.